The van der Waals surface area contributed by atoms with Gasteiger partial charge in [-0.25, -0.2) is 0 Å². The average molecular weight is 496 g/mol. The summed E-state index contributed by atoms with van der Waals surface area (Å²) < 4.78 is 19.8. The van der Waals surface area contributed by atoms with Crippen LogP contribution in [0.4, 0.5) is 0 Å². The SMILES string of the molecule is CCCCc1ccc2ccccc2c1OB(Oc1cccc2ccccc12)Oc1cccc2ccccc12. The van der Waals surface area contributed by atoms with E-state index in [1.54, 1.807) is 0 Å². The number of benzene rings is 6. The average Bonchev–Trinajstić information content (AvgIpc) is 2.97. The first kappa shape index (κ1) is 23.9. The fourth-order valence-electron chi connectivity index (χ4n) is 4.96. The number of hydrogen-bond acceptors (Lipinski definition) is 3. The molecule has 186 valence electrons. The standard InChI is InChI=1S/C34H29BO3/c1-2-3-12-28-24-23-27-15-6-9-20-31(27)34(28)38-35(36-32-21-10-16-25-13-4-7-18-29(25)32)37-33-22-11-17-26-14-5-8-19-30(26)33/h4-11,13-24H,2-3,12H2,1H3. The van der Waals surface area contributed by atoms with Gasteiger partial charge in [0, 0.05) is 16.2 Å². The zero-order chi connectivity index (χ0) is 25.7. The van der Waals surface area contributed by atoms with Crippen LogP contribution in [0.2, 0.25) is 0 Å². The van der Waals surface area contributed by atoms with E-state index in [0.29, 0.717) is 11.5 Å². The second kappa shape index (κ2) is 10.9. The molecule has 6 rings (SSSR count). The van der Waals surface area contributed by atoms with E-state index in [9.17, 15) is 0 Å². The first-order valence-electron chi connectivity index (χ1n) is 13.3. The Bertz CT molecular complexity index is 1620. The third kappa shape index (κ3) is 4.90. The summed E-state index contributed by atoms with van der Waals surface area (Å²) in [4.78, 5) is 0. The molecule has 0 saturated heterocycles. The molecule has 3 nitrogen and oxygen atoms in total. The van der Waals surface area contributed by atoms with Crippen LogP contribution in [0.3, 0.4) is 0 Å². The minimum Gasteiger partial charge on any atom is -0.489 e. The van der Waals surface area contributed by atoms with Gasteiger partial charge in [0.05, 0.1) is 0 Å². The lowest BCUT2D eigenvalue weighted by molar-refractivity contribution is 0.310. The van der Waals surface area contributed by atoms with Crippen molar-refractivity contribution in [1.82, 2.24) is 0 Å². The Hall–Kier alpha value is -4.44. The summed E-state index contributed by atoms with van der Waals surface area (Å²) >= 11 is 0. The normalized spacial score (nSPS) is 11.1. The van der Waals surface area contributed by atoms with Gasteiger partial charge in [-0.15, -0.1) is 0 Å². The molecule has 0 bridgehead atoms. The molecule has 0 aliphatic carbocycles. The number of hydrogen-bond donors (Lipinski definition) is 0. The molecule has 0 radical (unpaired) electrons. The van der Waals surface area contributed by atoms with Crippen molar-refractivity contribution in [2.45, 2.75) is 26.2 Å². The van der Waals surface area contributed by atoms with Crippen molar-refractivity contribution in [3.05, 3.63) is 127 Å². The number of fused-ring (bicyclic) bond motifs is 3. The predicted octanol–water partition coefficient (Wildman–Crippen LogP) is 9.01. The van der Waals surface area contributed by atoms with Gasteiger partial charge in [0.1, 0.15) is 17.2 Å². The van der Waals surface area contributed by atoms with Crippen molar-refractivity contribution in [2.75, 3.05) is 0 Å². The van der Waals surface area contributed by atoms with Crippen LogP contribution in [-0.2, 0) is 6.42 Å². The highest BCUT2D eigenvalue weighted by Crippen LogP contribution is 2.34. The van der Waals surface area contributed by atoms with Crippen LogP contribution < -0.4 is 14.0 Å². The number of rotatable bonds is 9. The molecule has 0 amide bonds. The molecule has 0 N–H and O–H groups in total. The largest absolute Gasteiger partial charge is 0.864 e. The van der Waals surface area contributed by atoms with Crippen molar-refractivity contribution < 1.29 is 14.0 Å². The van der Waals surface area contributed by atoms with Gasteiger partial charge in [-0.3, -0.25) is 0 Å². The van der Waals surface area contributed by atoms with Gasteiger partial charge in [0.15, 0.2) is 0 Å². The van der Waals surface area contributed by atoms with Gasteiger partial charge in [-0.05, 0) is 46.7 Å². The summed E-state index contributed by atoms with van der Waals surface area (Å²) in [6.07, 6.45) is 3.11. The van der Waals surface area contributed by atoms with Gasteiger partial charge in [-0.2, -0.15) is 0 Å². The molecule has 6 aromatic rings. The fourth-order valence-corrected chi connectivity index (χ4v) is 4.96. The zero-order valence-electron chi connectivity index (χ0n) is 21.5. The molecule has 38 heavy (non-hydrogen) atoms. The molecular formula is C34H29BO3. The molecular weight excluding hydrogens is 467 g/mol. The van der Waals surface area contributed by atoms with E-state index in [-0.39, 0.29) is 0 Å². The van der Waals surface area contributed by atoms with E-state index in [4.69, 9.17) is 14.0 Å². The molecule has 4 heteroatoms. The van der Waals surface area contributed by atoms with Crippen LogP contribution >= 0.6 is 0 Å². The third-order valence-corrected chi connectivity index (χ3v) is 6.92. The van der Waals surface area contributed by atoms with E-state index < -0.39 is 7.32 Å². The van der Waals surface area contributed by atoms with Gasteiger partial charge in [0.2, 0.25) is 0 Å². The van der Waals surface area contributed by atoms with Crippen molar-refractivity contribution in [3.63, 3.8) is 0 Å². The second-order valence-corrected chi connectivity index (χ2v) is 9.48. The van der Waals surface area contributed by atoms with Gasteiger partial charge < -0.3 is 14.0 Å². The lowest BCUT2D eigenvalue weighted by atomic mass is 10.00. The Labute approximate surface area is 223 Å². The van der Waals surface area contributed by atoms with Crippen LogP contribution in [0.1, 0.15) is 25.3 Å². The molecule has 0 aliphatic heterocycles. The van der Waals surface area contributed by atoms with Crippen molar-refractivity contribution in [3.8, 4) is 17.2 Å². The maximum absolute atomic E-state index is 6.72. The first-order chi connectivity index (χ1) is 18.8. The Kier molecular flexibility index (Phi) is 6.86. The van der Waals surface area contributed by atoms with Crippen molar-refractivity contribution in [1.29, 1.82) is 0 Å². The van der Waals surface area contributed by atoms with Crippen molar-refractivity contribution >= 4 is 39.6 Å². The molecule has 0 saturated carbocycles. The molecule has 0 unspecified atom stereocenters. The Morgan fingerprint density at radius 1 is 0.500 bits per heavy atom. The van der Waals surface area contributed by atoms with E-state index >= 15 is 0 Å². The number of unbranched alkanes of at least 4 members (excludes halogenated alkanes) is 1. The topological polar surface area (TPSA) is 27.7 Å². The summed E-state index contributed by atoms with van der Waals surface area (Å²) in [6.45, 7) is 2.21. The highest BCUT2D eigenvalue weighted by atomic mass is 16.7. The smallest absolute Gasteiger partial charge is 0.489 e. The van der Waals surface area contributed by atoms with Gasteiger partial charge in [0.25, 0.3) is 0 Å². The van der Waals surface area contributed by atoms with Crippen LogP contribution in [0.25, 0.3) is 32.3 Å². The Morgan fingerprint density at radius 2 is 1.00 bits per heavy atom. The van der Waals surface area contributed by atoms with Crippen LogP contribution in [0.5, 0.6) is 17.2 Å². The summed E-state index contributed by atoms with van der Waals surface area (Å²) in [7, 11) is -1.00. The third-order valence-electron chi connectivity index (χ3n) is 6.92. The Balaban J connectivity index is 1.45. The monoisotopic (exact) mass is 496 g/mol. The molecule has 0 heterocycles. The molecule has 6 aromatic carbocycles. The van der Waals surface area contributed by atoms with Crippen LogP contribution in [0.15, 0.2) is 121 Å². The minimum atomic E-state index is -1.00. The fraction of sp³-hybridized carbons (Fsp3) is 0.118. The second-order valence-electron chi connectivity index (χ2n) is 9.48. The van der Waals surface area contributed by atoms with Gasteiger partial charge in [-0.1, -0.05) is 123 Å². The lowest BCUT2D eigenvalue weighted by Crippen LogP contribution is -2.37. The summed E-state index contributed by atoms with van der Waals surface area (Å²) in [5.74, 6) is 2.23. The van der Waals surface area contributed by atoms with Crippen LogP contribution in [-0.4, -0.2) is 7.32 Å². The lowest BCUT2D eigenvalue weighted by Gasteiger charge is -2.21. The highest BCUT2D eigenvalue weighted by molar-refractivity contribution is 6.40. The molecule has 0 fully saturated rings. The molecule has 0 atom stereocenters. The molecule has 0 aliphatic rings. The zero-order valence-corrected chi connectivity index (χ0v) is 21.5. The first-order valence-corrected chi connectivity index (χ1v) is 13.3. The quantitative estimate of drug-likeness (QED) is 0.187. The molecule has 0 spiro atoms. The summed E-state index contributed by atoms with van der Waals surface area (Å²) in [5, 5.41) is 6.39. The van der Waals surface area contributed by atoms with Crippen molar-refractivity contribution in [2.24, 2.45) is 0 Å². The minimum absolute atomic E-state index is 0.712. The molecule has 0 aromatic heterocycles. The number of aryl methyl sites for hydroxylation is 1. The maximum atomic E-state index is 6.72. The summed E-state index contributed by atoms with van der Waals surface area (Å²) in [5.41, 5.74) is 1.15. The van der Waals surface area contributed by atoms with E-state index in [2.05, 4.69) is 73.7 Å². The highest BCUT2D eigenvalue weighted by Gasteiger charge is 2.33. The maximum Gasteiger partial charge on any atom is 0.864 e. The van der Waals surface area contributed by atoms with E-state index in [1.165, 1.54) is 0 Å². The predicted molar refractivity (Wildman–Crippen MR) is 158 cm³/mol. The van der Waals surface area contributed by atoms with Crippen LogP contribution in [0, 0.1) is 0 Å². The Morgan fingerprint density at radius 3 is 1.58 bits per heavy atom. The van der Waals surface area contributed by atoms with E-state index in [1.807, 2.05) is 54.6 Å². The van der Waals surface area contributed by atoms with Gasteiger partial charge >= 0.3 is 7.32 Å². The summed E-state index contributed by atoms with van der Waals surface area (Å²) in [6, 6.07) is 41.1. The van der Waals surface area contributed by atoms with E-state index in [0.717, 1.165) is 62.9 Å².